The third-order valence-corrected chi connectivity index (χ3v) is 4.67. The molecule has 2 heterocycles. The third kappa shape index (κ3) is 4.38. The van der Waals surface area contributed by atoms with Crippen molar-refractivity contribution in [3.05, 3.63) is 78.0 Å². The lowest BCUT2D eigenvalue weighted by atomic mass is 9.96. The minimum atomic E-state index is -0.325. The highest BCUT2D eigenvalue weighted by molar-refractivity contribution is 6.29. The first kappa shape index (κ1) is 19.0. The van der Waals surface area contributed by atoms with Crippen LogP contribution < -0.4 is 14.8 Å². The number of carbonyl (C=O) groups excluding carboxylic acids is 2. The molecular formula is C22H17ClN2O4. The predicted molar refractivity (Wildman–Crippen MR) is 109 cm³/mol. The van der Waals surface area contributed by atoms with Crippen LogP contribution in [0.5, 0.6) is 17.4 Å². The van der Waals surface area contributed by atoms with Crippen molar-refractivity contribution in [1.29, 1.82) is 0 Å². The van der Waals surface area contributed by atoms with Gasteiger partial charge in [0.15, 0.2) is 5.78 Å². The van der Waals surface area contributed by atoms with Gasteiger partial charge in [-0.3, -0.25) is 9.59 Å². The van der Waals surface area contributed by atoms with Crippen LogP contribution in [0.1, 0.15) is 28.4 Å². The second-order valence-corrected chi connectivity index (χ2v) is 6.74. The maximum Gasteiger partial charge on any atom is 0.239 e. The van der Waals surface area contributed by atoms with Gasteiger partial charge < -0.3 is 14.8 Å². The van der Waals surface area contributed by atoms with Crippen molar-refractivity contribution in [1.82, 2.24) is 4.98 Å². The number of alkyl halides is 1. The Kier molecular flexibility index (Phi) is 5.44. The third-order valence-electron chi connectivity index (χ3n) is 4.43. The average Bonchev–Trinajstić information content (AvgIpc) is 2.75. The van der Waals surface area contributed by atoms with Crippen molar-refractivity contribution in [2.75, 3.05) is 11.2 Å². The first-order valence-electron chi connectivity index (χ1n) is 9.01. The molecular weight excluding hydrogens is 392 g/mol. The van der Waals surface area contributed by atoms with Crippen LogP contribution in [0.2, 0.25) is 0 Å². The second kappa shape index (κ2) is 8.32. The van der Waals surface area contributed by atoms with Crippen LogP contribution in [0.3, 0.4) is 0 Å². The lowest BCUT2D eigenvalue weighted by Gasteiger charge is -2.25. The number of aromatic nitrogens is 1. The molecule has 0 spiro atoms. The monoisotopic (exact) mass is 408 g/mol. The van der Waals surface area contributed by atoms with E-state index in [9.17, 15) is 9.59 Å². The Morgan fingerprint density at radius 3 is 2.72 bits per heavy atom. The number of Topliss-reactive ketones (excluding diaryl/α,β-unsaturated/α-hetero) is 1. The van der Waals surface area contributed by atoms with Gasteiger partial charge in [-0.25, -0.2) is 4.98 Å². The SMILES string of the molecule is O=C(CCl)Nc1ccc(Oc2ccc3c(c2)OC(c2ccccc2)CC3=O)nc1. The van der Waals surface area contributed by atoms with E-state index in [0.29, 0.717) is 35.1 Å². The smallest absolute Gasteiger partial charge is 0.239 e. The summed E-state index contributed by atoms with van der Waals surface area (Å²) < 4.78 is 11.8. The zero-order valence-corrected chi connectivity index (χ0v) is 16.1. The number of carbonyl (C=O) groups is 2. The number of nitrogens with zero attached hydrogens (tertiary/aromatic N) is 1. The molecule has 2 aromatic carbocycles. The Hall–Kier alpha value is -3.38. The molecule has 6 nitrogen and oxygen atoms in total. The highest BCUT2D eigenvalue weighted by Gasteiger charge is 2.28. The fourth-order valence-corrected chi connectivity index (χ4v) is 3.12. The van der Waals surface area contributed by atoms with Gasteiger partial charge in [0.2, 0.25) is 11.8 Å². The minimum absolute atomic E-state index is 0.0316. The normalized spacial score (nSPS) is 15.2. The summed E-state index contributed by atoms with van der Waals surface area (Å²) in [6.07, 6.45) is 1.45. The molecule has 0 saturated heterocycles. The number of pyridine rings is 1. The van der Waals surface area contributed by atoms with Crippen molar-refractivity contribution >= 4 is 29.0 Å². The van der Waals surface area contributed by atoms with Gasteiger partial charge in [0.25, 0.3) is 0 Å². The van der Waals surface area contributed by atoms with Crippen molar-refractivity contribution in [2.45, 2.75) is 12.5 Å². The molecule has 29 heavy (non-hydrogen) atoms. The van der Waals surface area contributed by atoms with E-state index in [4.69, 9.17) is 21.1 Å². The molecule has 1 atom stereocenters. The number of nitrogens with one attached hydrogen (secondary N) is 1. The van der Waals surface area contributed by atoms with Crippen molar-refractivity contribution in [3.8, 4) is 17.4 Å². The first-order chi connectivity index (χ1) is 14.1. The number of ketones is 1. The number of halogens is 1. The largest absolute Gasteiger partial charge is 0.484 e. The molecule has 1 amide bonds. The topological polar surface area (TPSA) is 77.5 Å². The average molecular weight is 409 g/mol. The zero-order chi connectivity index (χ0) is 20.2. The van der Waals surface area contributed by atoms with E-state index in [1.165, 1.54) is 6.20 Å². The molecule has 1 aromatic heterocycles. The number of anilines is 1. The van der Waals surface area contributed by atoms with E-state index in [2.05, 4.69) is 10.3 Å². The van der Waals surface area contributed by atoms with E-state index in [-0.39, 0.29) is 23.7 Å². The number of amides is 1. The van der Waals surface area contributed by atoms with Crippen molar-refractivity contribution in [2.24, 2.45) is 0 Å². The van der Waals surface area contributed by atoms with Crippen LogP contribution in [0.25, 0.3) is 0 Å². The number of ether oxygens (including phenoxy) is 2. The van der Waals surface area contributed by atoms with Gasteiger partial charge in [-0.1, -0.05) is 30.3 Å². The van der Waals surface area contributed by atoms with Crippen LogP contribution in [0.15, 0.2) is 66.9 Å². The van der Waals surface area contributed by atoms with Crippen LogP contribution in [0, 0.1) is 0 Å². The van der Waals surface area contributed by atoms with Gasteiger partial charge in [-0.15, -0.1) is 11.6 Å². The summed E-state index contributed by atoms with van der Waals surface area (Å²) in [4.78, 5) is 28.0. The van der Waals surface area contributed by atoms with E-state index in [1.807, 2.05) is 30.3 Å². The van der Waals surface area contributed by atoms with E-state index in [1.54, 1.807) is 30.3 Å². The number of hydrogen-bond donors (Lipinski definition) is 1. The molecule has 0 saturated carbocycles. The minimum Gasteiger partial charge on any atom is -0.484 e. The summed E-state index contributed by atoms with van der Waals surface area (Å²) in [5.41, 5.74) is 2.01. The van der Waals surface area contributed by atoms with Crippen molar-refractivity contribution < 1.29 is 19.1 Å². The summed E-state index contributed by atoms with van der Waals surface area (Å²) in [7, 11) is 0. The van der Waals surface area contributed by atoms with Gasteiger partial charge in [0.05, 0.1) is 23.9 Å². The van der Waals surface area contributed by atoms with E-state index < -0.39 is 0 Å². The fourth-order valence-electron chi connectivity index (χ4n) is 3.05. The van der Waals surface area contributed by atoms with Gasteiger partial charge in [0, 0.05) is 12.1 Å². The molecule has 1 N–H and O–H groups in total. The Balaban J connectivity index is 1.51. The van der Waals surface area contributed by atoms with Crippen LogP contribution in [-0.2, 0) is 4.79 Å². The van der Waals surface area contributed by atoms with E-state index in [0.717, 1.165) is 5.56 Å². The van der Waals surface area contributed by atoms with Gasteiger partial charge in [0.1, 0.15) is 23.5 Å². The highest BCUT2D eigenvalue weighted by Crippen LogP contribution is 2.37. The summed E-state index contributed by atoms with van der Waals surface area (Å²) in [5.74, 6) is 0.913. The Morgan fingerprint density at radius 1 is 1.17 bits per heavy atom. The summed E-state index contributed by atoms with van der Waals surface area (Å²) in [6.45, 7) is 0. The molecule has 0 aliphatic carbocycles. The number of rotatable bonds is 5. The predicted octanol–water partition coefficient (Wildman–Crippen LogP) is 4.76. The molecule has 0 bridgehead atoms. The molecule has 7 heteroatoms. The summed E-state index contributed by atoms with van der Waals surface area (Å²) in [6, 6.07) is 18.0. The summed E-state index contributed by atoms with van der Waals surface area (Å²) in [5, 5.41) is 2.60. The molecule has 1 aliphatic rings. The molecule has 0 radical (unpaired) electrons. The molecule has 4 rings (SSSR count). The van der Waals surface area contributed by atoms with Crippen LogP contribution >= 0.6 is 11.6 Å². The molecule has 1 unspecified atom stereocenters. The molecule has 0 fully saturated rings. The highest BCUT2D eigenvalue weighted by atomic mass is 35.5. The molecule has 1 aliphatic heterocycles. The maximum absolute atomic E-state index is 12.5. The lowest BCUT2D eigenvalue weighted by molar-refractivity contribution is -0.113. The Morgan fingerprint density at radius 2 is 2.00 bits per heavy atom. The standard InChI is InChI=1S/C22H17ClN2O4/c23-12-21(27)25-15-6-9-22(24-13-15)28-16-7-8-17-18(26)11-19(29-20(17)10-16)14-4-2-1-3-5-14/h1-10,13,19H,11-12H2,(H,25,27). The van der Waals surface area contributed by atoms with Crippen LogP contribution in [0.4, 0.5) is 5.69 Å². The van der Waals surface area contributed by atoms with Gasteiger partial charge in [-0.2, -0.15) is 0 Å². The second-order valence-electron chi connectivity index (χ2n) is 6.47. The zero-order valence-electron chi connectivity index (χ0n) is 15.3. The van der Waals surface area contributed by atoms with Gasteiger partial charge in [-0.05, 0) is 23.8 Å². The lowest BCUT2D eigenvalue weighted by Crippen LogP contribution is -2.20. The van der Waals surface area contributed by atoms with E-state index >= 15 is 0 Å². The first-order valence-corrected chi connectivity index (χ1v) is 9.54. The maximum atomic E-state index is 12.5. The van der Waals surface area contributed by atoms with Crippen molar-refractivity contribution in [3.63, 3.8) is 0 Å². The summed E-state index contributed by atoms with van der Waals surface area (Å²) >= 11 is 5.47. The fraction of sp³-hybridized carbons (Fsp3) is 0.136. The number of fused-ring (bicyclic) bond motifs is 1. The Labute approximate surface area is 172 Å². The molecule has 3 aromatic rings. The number of benzene rings is 2. The number of hydrogen-bond acceptors (Lipinski definition) is 5. The van der Waals surface area contributed by atoms with Gasteiger partial charge >= 0.3 is 0 Å². The quantitative estimate of drug-likeness (QED) is 0.616. The molecule has 146 valence electrons. The van der Waals surface area contributed by atoms with Crippen LogP contribution in [-0.4, -0.2) is 22.6 Å². The Bertz CT molecular complexity index is 1040.